The fourth-order valence-corrected chi connectivity index (χ4v) is 2.72. The molecule has 0 saturated carbocycles. The van der Waals surface area contributed by atoms with Crippen LogP contribution in [-0.4, -0.2) is 72.8 Å². The largest absolute Gasteiger partial charge is 0.444 e. The van der Waals surface area contributed by atoms with Crippen LogP contribution in [0.25, 0.3) is 0 Å². The molecule has 1 saturated heterocycles. The van der Waals surface area contributed by atoms with Gasteiger partial charge in [0.25, 0.3) is 0 Å². The molecule has 0 aromatic carbocycles. The van der Waals surface area contributed by atoms with Crippen LogP contribution in [0.2, 0.25) is 0 Å². The molecule has 1 heterocycles. The van der Waals surface area contributed by atoms with E-state index in [0.717, 1.165) is 32.6 Å². The summed E-state index contributed by atoms with van der Waals surface area (Å²) >= 11 is 0. The Balaban J connectivity index is 2.30. The molecule has 6 nitrogen and oxygen atoms in total. The minimum Gasteiger partial charge on any atom is -0.444 e. The monoisotopic (exact) mass is 314 g/mol. The lowest BCUT2D eigenvalue weighted by Crippen LogP contribution is -2.54. The van der Waals surface area contributed by atoms with E-state index in [-0.39, 0.29) is 6.09 Å². The molecule has 130 valence electrons. The minimum absolute atomic E-state index is 0.323. The average Bonchev–Trinajstić information content (AvgIpc) is 2.42. The molecule has 22 heavy (non-hydrogen) atoms. The molecule has 1 atom stereocenters. The number of amides is 1. The summed E-state index contributed by atoms with van der Waals surface area (Å²) in [5.41, 5.74) is 5.46. The van der Waals surface area contributed by atoms with Gasteiger partial charge >= 0.3 is 6.09 Å². The van der Waals surface area contributed by atoms with Crippen molar-refractivity contribution in [1.82, 2.24) is 15.1 Å². The van der Waals surface area contributed by atoms with Crippen LogP contribution < -0.4 is 11.1 Å². The normalized spacial score (nSPS) is 19.2. The molecule has 0 radical (unpaired) electrons. The molecule has 1 aliphatic rings. The van der Waals surface area contributed by atoms with Crippen molar-refractivity contribution < 1.29 is 9.53 Å². The number of carbonyl (C=O) groups is 1. The van der Waals surface area contributed by atoms with E-state index in [9.17, 15) is 4.79 Å². The van der Waals surface area contributed by atoms with Crippen molar-refractivity contribution in [3.05, 3.63) is 0 Å². The van der Waals surface area contributed by atoms with Crippen molar-refractivity contribution in [2.24, 2.45) is 5.73 Å². The summed E-state index contributed by atoms with van der Waals surface area (Å²) in [6.45, 7) is 15.6. The molecule has 1 aliphatic heterocycles. The van der Waals surface area contributed by atoms with Gasteiger partial charge in [0.2, 0.25) is 0 Å². The Bertz CT molecular complexity index is 334. The van der Waals surface area contributed by atoms with Crippen LogP contribution >= 0.6 is 0 Å². The smallest absolute Gasteiger partial charge is 0.407 e. The predicted octanol–water partition coefficient (Wildman–Crippen LogP) is 1.25. The van der Waals surface area contributed by atoms with Gasteiger partial charge in [-0.15, -0.1) is 0 Å². The molecule has 0 bridgehead atoms. The Hall–Kier alpha value is -0.850. The Labute approximate surface area is 135 Å². The maximum absolute atomic E-state index is 11.6. The van der Waals surface area contributed by atoms with E-state index in [4.69, 9.17) is 10.5 Å². The fourth-order valence-electron chi connectivity index (χ4n) is 2.72. The molecule has 0 aromatic rings. The first-order chi connectivity index (χ1) is 10.2. The van der Waals surface area contributed by atoms with Gasteiger partial charge < -0.3 is 15.8 Å². The van der Waals surface area contributed by atoms with Crippen LogP contribution in [0.15, 0.2) is 0 Å². The van der Waals surface area contributed by atoms with Crippen molar-refractivity contribution in [2.45, 2.75) is 58.7 Å². The standard InChI is InChI=1S/C16H34N4O2/c1-13(2)19-8-10-20(11-9-19)14(12-17)6-7-18-15(21)22-16(3,4)5/h13-14H,6-12,17H2,1-5H3,(H,18,21). The third-order valence-electron chi connectivity index (χ3n) is 4.01. The molecule has 0 aromatic heterocycles. The van der Waals surface area contributed by atoms with Gasteiger partial charge in [0.1, 0.15) is 5.60 Å². The van der Waals surface area contributed by atoms with Gasteiger partial charge in [-0.25, -0.2) is 4.79 Å². The second-order valence-corrected chi connectivity index (χ2v) is 7.27. The third-order valence-corrected chi connectivity index (χ3v) is 4.01. The summed E-state index contributed by atoms with van der Waals surface area (Å²) in [7, 11) is 0. The maximum Gasteiger partial charge on any atom is 0.407 e. The fraction of sp³-hybridized carbons (Fsp3) is 0.938. The summed E-state index contributed by atoms with van der Waals surface area (Å²) in [6.07, 6.45) is 0.505. The highest BCUT2D eigenvalue weighted by Gasteiger charge is 2.24. The lowest BCUT2D eigenvalue weighted by Gasteiger charge is -2.40. The Kier molecular flexibility index (Phi) is 7.59. The molecule has 1 amide bonds. The zero-order valence-corrected chi connectivity index (χ0v) is 14.9. The molecule has 1 unspecified atom stereocenters. The van der Waals surface area contributed by atoms with E-state index in [1.54, 1.807) is 0 Å². The van der Waals surface area contributed by atoms with E-state index >= 15 is 0 Å². The SMILES string of the molecule is CC(C)N1CCN(C(CN)CCNC(=O)OC(C)(C)C)CC1. The van der Waals surface area contributed by atoms with Crippen LogP contribution in [0.1, 0.15) is 41.0 Å². The topological polar surface area (TPSA) is 70.8 Å². The minimum atomic E-state index is -0.454. The van der Waals surface area contributed by atoms with Gasteiger partial charge in [0.15, 0.2) is 0 Å². The van der Waals surface area contributed by atoms with Crippen LogP contribution in [0.5, 0.6) is 0 Å². The van der Waals surface area contributed by atoms with Crippen LogP contribution in [0, 0.1) is 0 Å². The maximum atomic E-state index is 11.6. The van der Waals surface area contributed by atoms with E-state index < -0.39 is 5.60 Å². The summed E-state index contributed by atoms with van der Waals surface area (Å²) in [4.78, 5) is 16.6. The lowest BCUT2D eigenvalue weighted by atomic mass is 10.1. The zero-order valence-electron chi connectivity index (χ0n) is 14.9. The van der Waals surface area contributed by atoms with Gasteiger partial charge in [0, 0.05) is 51.4 Å². The van der Waals surface area contributed by atoms with E-state index in [1.165, 1.54) is 0 Å². The molecule has 3 N–H and O–H groups in total. The van der Waals surface area contributed by atoms with E-state index in [1.807, 2.05) is 20.8 Å². The second-order valence-electron chi connectivity index (χ2n) is 7.27. The van der Waals surface area contributed by atoms with Crippen molar-refractivity contribution in [2.75, 3.05) is 39.3 Å². The number of ether oxygens (including phenoxy) is 1. The first kappa shape index (κ1) is 19.2. The van der Waals surface area contributed by atoms with E-state index in [2.05, 4.69) is 29.0 Å². The van der Waals surface area contributed by atoms with Crippen LogP contribution in [0.3, 0.4) is 0 Å². The van der Waals surface area contributed by atoms with Crippen LogP contribution in [-0.2, 0) is 4.74 Å². The Morgan fingerprint density at radius 2 is 1.73 bits per heavy atom. The number of hydrogen-bond acceptors (Lipinski definition) is 5. The van der Waals surface area contributed by atoms with Crippen molar-refractivity contribution in [1.29, 1.82) is 0 Å². The van der Waals surface area contributed by atoms with Crippen LogP contribution in [0.4, 0.5) is 4.79 Å². The highest BCUT2D eigenvalue weighted by Crippen LogP contribution is 2.11. The second kappa shape index (κ2) is 8.70. The highest BCUT2D eigenvalue weighted by molar-refractivity contribution is 5.67. The molecular formula is C16H34N4O2. The zero-order chi connectivity index (χ0) is 16.8. The number of piperazine rings is 1. The lowest BCUT2D eigenvalue weighted by molar-refractivity contribution is 0.0509. The average molecular weight is 314 g/mol. The van der Waals surface area contributed by atoms with Gasteiger partial charge in [-0.2, -0.15) is 0 Å². The van der Waals surface area contributed by atoms with Gasteiger partial charge in [-0.1, -0.05) is 0 Å². The van der Waals surface area contributed by atoms with Crippen molar-refractivity contribution in [3.63, 3.8) is 0 Å². The molecule has 1 rings (SSSR count). The summed E-state index contributed by atoms with van der Waals surface area (Å²) < 4.78 is 5.24. The molecule has 0 spiro atoms. The molecule has 1 fully saturated rings. The highest BCUT2D eigenvalue weighted by atomic mass is 16.6. The number of nitrogens with two attached hydrogens (primary N) is 1. The van der Waals surface area contributed by atoms with Crippen molar-refractivity contribution in [3.8, 4) is 0 Å². The molecular weight excluding hydrogens is 280 g/mol. The number of nitrogens with zero attached hydrogens (tertiary/aromatic N) is 2. The van der Waals surface area contributed by atoms with Gasteiger partial charge in [0.05, 0.1) is 0 Å². The summed E-state index contributed by atoms with van der Waals surface area (Å²) in [5, 5.41) is 2.82. The van der Waals surface area contributed by atoms with E-state index in [0.29, 0.717) is 25.2 Å². The number of rotatable bonds is 6. The Morgan fingerprint density at radius 3 is 2.18 bits per heavy atom. The quantitative estimate of drug-likeness (QED) is 0.772. The molecule has 0 aliphatic carbocycles. The molecule has 6 heteroatoms. The van der Waals surface area contributed by atoms with Crippen molar-refractivity contribution >= 4 is 6.09 Å². The summed E-state index contributed by atoms with van der Waals surface area (Å²) in [6, 6.07) is 0.927. The van der Waals surface area contributed by atoms with Gasteiger partial charge in [-0.05, 0) is 41.0 Å². The number of nitrogens with one attached hydrogen (secondary N) is 1. The van der Waals surface area contributed by atoms with Gasteiger partial charge in [-0.3, -0.25) is 9.80 Å². The Morgan fingerprint density at radius 1 is 1.18 bits per heavy atom. The third kappa shape index (κ3) is 6.94. The first-order valence-electron chi connectivity index (χ1n) is 8.38. The predicted molar refractivity (Wildman–Crippen MR) is 90.0 cm³/mol. The first-order valence-corrected chi connectivity index (χ1v) is 8.38. The number of hydrogen-bond donors (Lipinski definition) is 2. The summed E-state index contributed by atoms with van der Waals surface area (Å²) in [5.74, 6) is 0. The number of alkyl carbamates (subject to hydrolysis) is 1. The number of carbonyl (C=O) groups excluding carboxylic acids is 1.